The van der Waals surface area contributed by atoms with Crippen molar-refractivity contribution in [1.29, 1.82) is 0 Å². The third-order valence-corrected chi connectivity index (χ3v) is 4.88. The van der Waals surface area contributed by atoms with Gasteiger partial charge in [-0.2, -0.15) is 0 Å². The molecule has 1 aliphatic carbocycles. The number of ether oxygens (including phenoxy) is 2. The highest BCUT2D eigenvalue weighted by molar-refractivity contribution is 6.53. The van der Waals surface area contributed by atoms with E-state index in [9.17, 15) is 9.59 Å². The molecule has 0 aromatic heterocycles. The zero-order valence-electron chi connectivity index (χ0n) is 11.9. The average molecular weight is 367 g/mol. The number of halogens is 3. The normalized spacial score (nSPS) is 21.9. The Balaban J connectivity index is 1.86. The molecule has 0 bridgehead atoms. The summed E-state index contributed by atoms with van der Waals surface area (Å²) >= 11 is 17.7. The van der Waals surface area contributed by atoms with Gasteiger partial charge >= 0.3 is 5.97 Å². The standard InChI is InChI=1S/C14H14Cl3NO4/c1-13(7-14(13,16)17)12(20)22-6-11(19)18-8-3-4-10(21-2)9(15)5-8/h3-5H,6-7H2,1-2H3,(H,18,19)/t13-/m0/s1. The Labute approximate surface area is 142 Å². The van der Waals surface area contributed by atoms with Crippen LogP contribution in [0.25, 0.3) is 0 Å². The van der Waals surface area contributed by atoms with E-state index in [4.69, 9.17) is 44.3 Å². The Bertz CT molecular complexity index is 620. The second kappa shape index (κ2) is 6.14. The quantitative estimate of drug-likeness (QED) is 0.640. The van der Waals surface area contributed by atoms with Crippen molar-refractivity contribution in [3.8, 4) is 5.75 Å². The fraction of sp³-hybridized carbons (Fsp3) is 0.429. The molecule has 1 saturated carbocycles. The Morgan fingerprint density at radius 1 is 1.36 bits per heavy atom. The van der Waals surface area contributed by atoms with E-state index in [1.807, 2.05) is 0 Å². The predicted octanol–water partition coefficient (Wildman–Crippen LogP) is 3.41. The lowest BCUT2D eigenvalue weighted by Gasteiger charge is -2.12. The number of anilines is 1. The molecule has 0 unspecified atom stereocenters. The maximum Gasteiger partial charge on any atom is 0.315 e. The van der Waals surface area contributed by atoms with E-state index >= 15 is 0 Å². The van der Waals surface area contributed by atoms with Gasteiger partial charge in [0.2, 0.25) is 0 Å². The van der Waals surface area contributed by atoms with Crippen molar-refractivity contribution < 1.29 is 19.1 Å². The monoisotopic (exact) mass is 365 g/mol. The number of esters is 1. The van der Waals surface area contributed by atoms with Crippen molar-refractivity contribution >= 4 is 52.4 Å². The molecule has 0 aliphatic heterocycles. The zero-order valence-corrected chi connectivity index (χ0v) is 14.2. The van der Waals surface area contributed by atoms with Crippen molar-refractivity contribution in [3.63, 3.8) is 0 Å². The van der Waals surface area contributed by atoms with Crippen LogP contribution < -0.4 is 10.1 Å². The molecule has 1 aromatic carbocycles. The topological polar surface area (TPSA) is 64.6 Å². The van der Waals surface area contributed by atoms with Crippen molar-refractivity contribution in [1.82, 2.24) is 0 Å². The molecule has 22 heavy (non-hydrogen) atoms. The van der Waals surface area contributed by atoms with Gasteiger partial charge in [0.25, 0.3) is 5.91 Å². The molecule has 2 rings (SSSR count). The van der Waals surface area contributed by atoms with E-state index in [0.717, 1.165) is 0 Å². The van der Waals surface area contributed by atoms with Gasteiger partial charge in [0.15, 0.2) is 6.61 Å². The summed E-state index contributed by atoms with van der Waals surface area (Å²) in [6.45, 7) is 1.17. The van der Waals surface area contributed by atoms with Gasteiger partial charge in [0, 0.05) is 12.1 Å². The summed E-state index contributed by atoms with van der Waals surface area (Å²) in [7, 11) is 1.49. The van der Waals surface area contributed by atoms with Crippen molar-refractivity contribution in [3.05, 3.63) is 23.2 Å². The minimum atomic E-state index is -1.12. The summed E-state index contributed by atoms with van der Waals surface area (Å²) in [5, 5.41) is 2.92. The smallest absolute Gasteiger partial charge is 0.315 e. The summed E-state index contributed by atoms with van der Waals surface area (Å²) < 4.78 is 8.82. The Morgan fingerprint density at radius 2 is 2.00 bits per heavy atom. The van der Waals surface area contributed by atoms with Crippen LogP contribution in [0.15, 0.2) is 18.2 Å². The Kier molecular flexibility index (Phi) is 4.80. The number of carbonyl (C=O) groups excluding carboxylic acids is 2. The van der Waals surface area contributed by atoms with Crippen LogP contribution in [-0.4, -0.2) is 29.9 Å². The van der Waals surface area contributed by atoms with Gasteiger partial charge in [0.05, 0.1) is 12.1 Å². The fourth-order valence-electron chi connectivity index (χ4n) is 1.85. The Hall–Kier alpha value is -1.17. The average Bonchev–Trinajstić information content (AvgIpc) is 2.96. The van der Waals surface area contributed by atoms with Crippen LogP contribution >= 0.6 is 34.8 Å². The maximum absolute atomic E-state index is 11.8. The van der Waals surface area contributed by atoms with E-state index < -0.39 is 28.2 Å². The van der Waals surface area contributed by atoms with Gasteiger partial charge < -0.3 is 14.8 Å². The fourth-order valence-corrected chi connectivity index (χ4v) is 2.80. The molecule has 1 aliphatic rings. The van der Waals surface area contributed by atoms with Gasteiger partial charge in [-0.1, -0.05) is 11.6 Å². The van der Waals surface area contributed by atoms with Crippen LogP contribution in [0.2, 0.25) is 5.02 Å². The highest BCUT2D eigenvalue weighted by Gasteiger charge is 2.69. The van der Waals surface area contributed by atoms with Crippen LogP contribution in [0.5, 0.6) is 5.75 Å². The summed E-state index contributed by atoms with van der Waals surface area (Å²) in [5.41, 5.74) is -0.492. The summed E-state index contributed by atoms with van der Waals surface area (Å²) in [6, 6.07) is 4.77. The van der Waals surface area contributed by atoms with Crippen molar-refractivity contribution in [2.75, 3.05) is 19.0 Å². The van der Waals surface area contributed by atoms with Gasteiger partial charge in [-0.3, -0.25) is 9.59 Å². The van der Waals surface area contributed by atoms with Crippen LogP contribution in [0.4, 0.5) is 5.69 Å². The summed E-state index contributed by atoms with van der Waals surface area (Å²) in [5.74, 6) is -0.595. The number of amides is 1. The molecule has 1 fully saturated rings. The first-order chi connectivity index (χ1) is 10.2. The molecule has 5 nitrogen and oxygen atoms in total. The number of alkyl halides is 2. The number of rotatable bonds is 5. The van der Waals surface area contributed by atoms with Crippen LogP contribution in [0.3, 0.4) is 0 Å². The van der Waals surface area contributed by atoms with Gasteiger partial charge in [0.1, 0.15) is 15.5 Å². The van der Waals surface area contributed by atoms with Crippen LogP contribution in [0, 0.1) is 5.41 Å². The van der Waals surface area contributed by atoms with E-state index in [0.29, 0.717) is 22.9 Å². The van der Waals surface area contributed by atoms with Crippen molar-refractivity contribution in [2.24, 2.45) is 5.41 Å². The second-order valence-electron chi connectivity index (χ2n) is 5.19. The number of methoxy groups -OCH3 is 1. The number of hydrogen-bond donors (Lipinski definition) is 1. The highest BCUT2D eigenvalue weighted by Crippen LogP contribution is 2.64. The molecule has 0 radical (unpaired) electrons. The molecule has 8 heteroatoms. The summed E-state index contributed by atoms with van der Waals surface area (Å²) in [4.78, 5) is 23.6. The minimum Gasteiger partial charge on any atom is -0.495 e. The minimum absolute atomic E-state index is 0.303. The maximum atomic E-state index is 11.8. The lowest BCUT2D eigenvalue weighted by Crippen LogP contribution is -2.26. The first-order valence-corrected chi connectivity index (χ1v) is 7.51. The molecule has 120 valence electrons. The molecule has 0 spiro atoms. The zero-order chi connectivity index (χ0) is 16.5. The van der Waals surface area contributed by atoms with Crippen LogP contribution in [-0.2, 0) is 14.3 Å². The predicted molar refractivity (Wildman–Crippen MR) is 84.8 cm³/mol. The first-order valence-electron chi connectivity index (χ1n) is 6.38. The number of nitrogens with one attached hydrogen (secondary N) is 1. The Morgan fingerprint density at radius 3 is 2.50 bits per heavy atom. The second-order valence-corrected chi connectivity index (χ2v) is 7.08. The van der Waals surface area contributed by atoms with E-state index in [2.05, 4.69) is 5.32 Å². The third kappa shape index (κ3) is 3.42. The van der Waals surface area contributed by atoms with Crippen LogP contribution in [0.1, 0.15) is 13.3 Å². The largest absolute Gasteiger partial charge is 0.495 e. The summed E-state index contributed by atoms with van der Waals surface area (Å²) in [6.07, 6.45) is 0.303. The van der Waals surface area contributed by atoms with E-state index in [1.165, 1.54) is 13.2 Å². The first kappa shape index (κ1) is 17.2. The molecule has 1 amide bonds. The molecular weight excluding hydrogens is 353 g/mol. The highest BCUT2D eigenvalue weighted by atomic mass is 35.5. The number of carbonyl (C=O) groups is 2. The lowest BCUT2D eigenvalue weighted by atomic mass is 10.1. The number of hydrogen-bond acceptors (Lipinski definition) is 4. The molecule has 1 atom stereocenters. The van der Waals surface area contributed by atoms with Gasteiger partial charge in [-0.15, -0.1) is 23.2 Å². The van der Waals surface area contributed by atoms with Gasteiger partial charge in [-0.25, -0.2) is 0 Å². The van der Waals surface area contributed by atoms with E-state index in [-0.39, 0.29) is 0 Å². The third-order valence-electron chi connectivity index (χ3n) is 3.48. The lowest BCUT2D eigenvalue weighted by molar-refractivity contribution is -0.152. The van der Waals surface area contributed by atoms with Crippen molar-refractivity contribution in [2.45, 2.75) is 17.7 Å². The molecule has 1 aromatic rings. The van der Waals surface area contributed by atoms with Gasteiger partial charge in [-0.05, 0) is 25.1 Å². The molecule has 1 N–H and O–H groups in total. The molecule has 0 saturated heterocycles. The molecular formula is C14H14Cl3NO4. The SMILES string of the molecule is COc1ccc(NC(=O)COC(=O)[C@]2(C)CC2(Cl)Cl)cc1Cl. The van der Waals surface area contributed by atoms with E-state index in [1.54, 1.807) is 19.1 Å². The molecule has 0 heterocycles. The number of benzene rings is 1.